The quantitative estimate of drug-likeness (QED) is 0.773. The van der Waals surface area contributed by atoms with Gasteiger partial charge in [0.15, 0.2) is 0 Å². The van der Waals surface area contributed by atoms with Gasteiger partial charge in [-0.3, -0.25) is 0 Å². The van der Waals surface area contributed by atoms with Crippen molar-refractivity contribution in [2.75, 3.05) is 0 Å². The first-order valence-electron chi connectivity index (χ1n) is 5.36. The van der Waals surface area contributed by atoms with Gasteiger partial charge >= 0.3 is 0 Å². The zero-order valence-corrected chi connectivity index (χ0v) is 10.2. The van der Waals surface area contributed by atoms with Crippen LogP contribution in [0.3, 0.4) is 0 Å². The van der Waals surface area contributed by atoms with Gasteiger partial charge in [-0.1, -0.05) is 24.4 Å². The molecule has 0 aromatic carbocycles. The summed E-state index contributed by atoms with van der Waals surface area (Å²) in [7, 11) is 0. The number of nitrogens with zero attached hydrogens (tertiary/aromatic N) is 4. The Kier molecular flexibility index (Phi) is 2.73. The van der Waals surface area contributed by atoms with Crippen LogP contribution in [0.25, 0.3) is 5.78 Å². The number of aromatic nitrogens is 4. The Morgan fingerprint density at radius 1 is 1.38 bits per heavy atom. The highest BCUT2D eigenvalue weighted by Crippen LogP contribution is 2.34. The summed E-state index contributed by atoms with van der Waals surface area (Å²) in [5, 5.41) is 6.38. The van der Waals surface area contributed by atoms with Gasteiger partial charge in [0, 0.05) is 11.3 Å². The SMILES string of the molecule is Clc1cc(SC2CCCC2)n2ncnc2n1. The maximum Gasteiger partial charge on any atom is 0.254 e. The maximum absolute atomic E-state index is 5.96. The average Bonchev–Trinajstić information content (AvgIpc) is 2.87. The third-order valence-corrected chi connectivity index (χ3v) is 4.31. The number of hydrogen-bond donors (Lipinski definition) is 0. The molecule has 2 heterocycles. The molecular formula is C10H11ClN4S. The largest absolute Gasteiger partial charge is 0.254 e. The first kappa shape index (κ1) is 10.4. The molecule has 0 aliphatic heterocycles. The van der Waals surface area contributed by atoms with Crippen molar-refractivity contribution in [3.63, 3.8) is 0 Å². The summed E-state index contributed by atoms with van der Waals surface area (Å²) in [6.07, 6.45) is 6.73. The van der Waals surface area contributed by atoms with Crippen LogP contribution in [0, 0.1) is 0 Å². The van der Waals surface area contributed by atoms with Gasteiger partial charge in [-0.25, -0.2) is 0 Å². The predicted molar refractivity (Wildman–Crippen MR) is 63.9 cm³/mol. The molecule has 0 bridgehead atoms. The zero-order valence-electron chi connectivity index (χ0n) is 8.64. The molecule has 1 saturated carbocycles. The lowest BCUT2D eigenvalue weighted by molar-refractivity contribution is 0.828. The summed E-state index contributed by atoms with van der Waals surface area (Å²) in [6, 6.07) is 1.87. The summed E-state index contributed by atoms with van der Waals surface area (Å²) in [5.74, 6) is 0.577. The first-order valence-corrected chi connectivity index (χ1v) is 6.61. The van der Waals surface area contributed by atoms with E-state index in [0.717, 1.165) is 5.03 Å². The van der Waals surface area contributed by atoms with Crippen molar-refractivity contribution in [3.05, 3.63) is 17.5 Å². The minimum Gasteiger partial charge on any atom is -0.199 e. The van der Waals surface area contributed by atoms with Crippen molar-refractivity contribution < 1.29 is 0 Å². The Balaban J connectivity index is 1.97. The van der Waals surface area contributed by atoms with E-state index < -0.39 is 0 Å². The predicted octanol–water partition coefficient (Wildman–Crippen LogP) is 2.81. The second-order valence-electron chi connectivity index (χ2n) is 3.91. The monoisotopic (exact) mass is 254 g/mol. The molecule has 6 heteroatoms. The van der Waals surface area contributed by atoms with Crippen LogP contribution in [-0.4, -0.2) is 24.8 Å². The van der Waals surface area contributed by atoms with Crippen molar-refractivity contribution in [2.24, 2.45) is 0 Å². The Morgan fingerprint density at radius 2 is 2.19 bits per heavy atom. The average molecular weight is 255 g/mol. The molecule has 0 saturated heterocycles. The fraction of sp³-hybridized carbons (Fsp3) is 0.500. The molecule has 0 radical (unpaired) electrons. The molecule has 0 atom stereocenters. The fourth-order valence-electron chi connectivity index (χ4n) is 2.02. The van der Waals surface area contributed by atoms with Crippen LogP contribution in [0.1, 0.15) is 25.7 Å². The van der Waals surface area contributed by atoms with E-state index >= 15 is 0 Å². The number of rotatable bonds is 2. The van der Waals surface area contributed by atoms with E-state index in [-0.39, 0.29) is 0 Å². The van der Waals surface area contributed by atoms with Crippen molar-refractivity contribution in [1.29, 1.82) is 0 Å². The van der Waals surface area contributed by atoms with Gasteiger partial charge in [-0.15, -0.1) is 11.8 Å². The highest BCUT2D eigenvalue weighted by molar-refractivity contribution is 7.99. The molecule has 1 fully saturated rings. The fourth-order valence-corrected chi connectivity index (χ4v) is 3.58. The summed E-state index contributed by atoms with van der Waals surface area (Å²) >= 11 is 7.80. The maximum atomic E-state index is 5.96. The molecule has 2 aromatic rings. The molecule has 4 nitrogen and oxygen atoms in total. The van der Waals surface area contributed by atoms with Gasteiger partial charge in [-0.2, -0.15) is 19.6 Å². The highest BCUT2D eigenvalue weighted by atomic mass is 35.5. The van der Waals surface area contributed by atoms with E-state index in [1.54, 1.807) is 4.52 Å². The van der Waals surface area contributed by atoms with Gasteiger partial charge in [0.25, 0.3) is 5.78 Å². The molecule has 0 unspecified atom stereocenters. The van der Waals surface area contributed by atoms with Gasteiger partial charge in [0.2, 0.25) is 0 Å². The number of hydrogen-bond acceptors (Lipinski definition) is 4. The normalized spacial score (nSPS) is 17.3. The van der Waals surface area contributed by atoms with Gasteiger partial charge in [-0.05, 0) is 12.8 Å². The molecule has 2 aromatic heterocycles. The lowest BCUT2D eigenvalue weighted by Crippen LogP contribution is -2.00. The summed E-state index contributed by atoms with van der Waals surface area (Å²) in [6.45, 7) is 0. The van der Waals surface area contributed by atoms with Crippen LogP contribution in [-0.2, 0) is 0 Å². The number of halogens is 1. The Hall–Kier alpha value is -0.810. The smallest absolute Gasteiger partial charge is 0.199 e. The molecule has 3 rings (SSSR count). The topological polar surface area (TPSA) is 43.1 Å². The van der Waals surface area contributed by atoms with Crippen LogP contribution in [0.15, 0.2) is 17.4 Å². The van der Waals surface area contributed by atoms with E-state index in [4.69, 9.17) is 11.6 Å². The standard InChI is InChI=1S/C10H11ClN4S/c11-8-5-9(16-7-3-1-2-4-7)15-10(14-8)12-6-13-15/h5-7H,1-4H2. The molecule has 0 N–H and O–H groups in total. The van der Waals surface area contributed by atoms with E-state index in [9.17, 15) is 0 Å². The third kappa shape index (κ3) is 1.89. The number of thioether (sulfide) groups is 1. The van der Waals surface area contributed by atoms with Crippen molar-refractivity contribution in [2.45, 2.75) is 36.0 Å². The van der Waals surface area contributed by atoms with Crippen LogP contribution in [0.2, 0.25) is 5.15 Å². The van der Waals surface area contributed by atoms with Crippen LogP contribution < -0.4 is 0 Å². The van der Waals surface area contributed by atoms with Crippen LogP contribution in [0.5, 0.6) is 0 Å². The zero-order chi connectivity index (χ0) is 11.0. The number of fused-ring (bicyclic) bond motifs is 1. The summed E-state index contributed by atoms with van der Waals surface area (Å²) in [5.41, 5.74) is 0. The molecule has 1 aliphatic carbocycles. The molecular weight excluding hydrogens is 244 g/mol. The van der Waals surface area contributed by atoms with Crippen LogP contribution >= 0.6 is 23.4 Å². The van der Waals surface area contributed by atoms with Crippen molar-refractivity contribution in [3.8, 4) is 0 Å². The van der Waals surface area contributed by atoms with E-state index in [0.29, 0.717) is 16.2 Å². The second-order valence-corrected chi connectivity index (χ2v) is 5.62. The van der Waals surface area contributed by atoms with Gasteiger partial charge in [0.05, 0.1) is 0 Å². The Morgan fingerprint density at radius 3 is 3.00 bits per heavy atom. The summed E-state index contributed by atoms with van der Waals surface area (Å²) in [4.78, 5) is 8.17. The third-order valence-electron chi connectivity index (χ3n) is 2.78. The van der Waals surface area contributed by atoms with Gasteiger partial charge in [0.1, 0.15) is 16.5 Å². The minimum absolute atomic E-state index is 0.487. The first-order chi connectivity index (χ1) is 7.83. The van der Waals surface area contributed by atoms with Gasteiger partial charge < -0.3 is 0 Å². The van der Waals surface area contributed by atoms with E-state index in [1.807, 2.05) is 17.8 Å². The summed E-state index contributed by atoms with van der Waals surface area (Å²) < 4.78 is 1.76. The molecule has 0 spiro atoms. The van der Waals surface area contributed by atoms with Crippen molar-refractivity contribution >= 4 is 29.1 Å². The van der Waals surface area contributed by atoms with Crippen molar-refractivity contribution in [1.82, 2.24) is 19.6 Å². The highest BCUT2D eigenvalue weighted by Gasteiger charge is 2.18. The molecule has 1 aliphatic rings. The minimum atomic E-state index is 0.487. The molecule has 84 valence electrons. The second kappa shape index (κ2) is 4.22. The lowest BCUT2D eigenvalue weighted by Gasteiger charge is -2.09. The molecule has 0 amide bonds. The molecule has 16 heavy (non-hydrogen) atoms. The Bertz CT molecular complexity index is 506. The Labute approximate surface area is 102 Å². The van der Waals surface area contributed by atoms with Crippen LogP contribution in [0.4, 0.5) is 0 Å². The van der Waals surface area contributed by atoms with E-state index in [1.165, 1.54) is 32.0 Å². The lowest BCUT2D eigenvalue weighted by atomic mass is 10.4. The van der Waals surface area contributed by atoms with E-state index in [2.05, 4.69) is 15.1 Å².